The van der Waals surface area contributed by atoms with E-state index in [0.717, 1.165) is 6.92 Å². The molecule has 0 fully saturated rings. The minimum Gasteiger partial charge on any atom is -0.391 e. The first-order chi connectivity index (χ1) is 8.11. The van der Waals surface area contributed by atoms with Gasteiger partial charge in [0.1, 0.15) is 0 Å². The second-order valence-electron chi connectivity index (χ2n) is 3.04. The van der Waals surface area contributed by atoms with E-state index in [-0.39, 0.29) is 0 Å². The van der Waals surface area contributed by atoms with Crippen LogP contribution < -0.4 is 0 Å². The van der Waals surface area contributed by atoms with Crippen LogP contribution in [0.4, 0.5) is 26.3 Å². The van der Waals surface area contributed by atoms with Crippen LogP contribution in [0.1, 0.15) is 6.92 Å². The van der Waals surface area contributed by atoms with Crippen LogP contribution in [-0.2, 0) is 9.30 Å². The quantitative estimate of drug-likeness (QED) is 0.595. The second-order valence-corrected chi connectivity index (χ2v) is 7.18. The van der Waals surface area contributed by atoms with Gasteiger partial charge < -0.3 is 14.7 Å². The average molecular weight is 361 g/mol. The molecule has 0 aromatic carbocycles. The lowest BCUT2D eigenvalue weighted by Crippen LogP contribution is -2.50. The van der Waals surface area contributed by atoms with Gasteiger partial charge in [-0.3, -0.25) is 4.57 Å². The van der Waals surface area contributed by atoms with Crippen molar-refractivity contribution in [3.8, 4) is 0 Å². The smallest absolute Gasteiger partial charge is 0.391 e. The zero-order valence-corrected chi connectivity index (χ0v) is 11.4. The third-order valence-electron chi connectivity index (χ3n) is 1.20. The molecule has 13 heteroatoms. The van der Waals surface area contributed by atoms with Gasteiger partial charge in [-0.15, -0.1) is 0 Å². The van der Waals surface area contributed by atoms with Crippen LogP contribution in [0, 0.1) is 0 Å². The van der Waals surface area contributed by atoms with Crippen molar-refractivity contribution in [2.24, 2.45) is 0 Å². The normalized spacial score (nSPS) is 17.5. The molecule has 0 rings (SSSR count). The molecule has 19 heavy (non-hydrogen) atoms. The number of rotatable bonds is 4. The van der Waals surface area contributed by atoms with Crippen LogP contribution in [-0.4, -0.2) is 41.2 Å². The van der Waals surface area contributed by atoms with E-state index in [2.05, 4.69) is 27.2 Å². The molecule has 118 valence electrons. The molecular weight excluding hydrogens is 352 g/mol. The minimum atomic E-state index is -5.84. The summed E-state index contributed by atoms with van der Waals surface area (Å²) >= 11 is 8.81. The predicted octanol–water partition coefficient (Wildman–Crippen LogP) is 3.44. The molecule has 0 radical (unpaired) electrons. The zero-order chi connectivity index (χ0) is 16.1. The largest absolute Gasteiger partial charge is 0.454 e. The van der Waals surface area contributed by atoms with Crippen LogP contribution in [0.3, 0.4) is 0 Å². The molecule has 2 N–H and O–H groups in total. The van der Waals surface area contributed by atoms with Gasteiger partial charge in [-0.25, -0.2) is 8.78 Å². The lowest BCUT2D eigenvalue weighted by atomic mass is 10.3. The summed E-state index contributed by atoms with van der Waals surface area (Å²) in [5.41, 5.74) is 0. The first-order valence-corrected chi connectivity index (χ1v) is 7.66. The first kappa shape index (κ1) is 21.6. The Kier molecular flexibility index (Phi) is 8.96. The Morgan fingerprint density at radius 3 is 1.74 bits per heavy atom. The van der Waals surface area contributed by atoms with Crippen LogP contribution in [0.5, 0.6) is 0 Å². The standard InChI is InChI=1S/C6H8F6O2.Cl2HO2P/c1-3(13)2-14-5(9,4(7)8)6(10,11)12;1-5(2,3)4/h3-4,13H,2H2,1H3;(H,3,4). The fraction of sp³-hybridized carbons (Fsp3) is 1.00. The summed E-state index contributed by atoms with van der Waals surface area (Å²) in [6, 6.07) is 0. The molecule has 2 unspecified atom stereocenters. The Bertz CT molecular complexity index is 300. The number of alkyl halides is 6. The molecule has 2 atom stereocenters. The highest BCUT2D eigenvalue weighted by atomic mass is 35.9. The predicted molar refractivity (Wildman–Crippen MR) is 55.1 cm³/mol. The highest BCUT2D eigenvalue weighted by Crippen LogP contribution is 2.51. The fourth-order valence-electron chi connectivity index (χ4n) is 0.510. The van der Waals surface area contributed by atoms with Crippen molar-refractivity contribution in [1.29, 1.82) is 0 Å². The maximum atomic E-state index is 12.6. The van der Waals surface area contributed by atoms with Crippen molar-refractivity contribution >= 4 is 28.6 Å². The topological polar surface area (TPSA) is 66.8 Å². The number of ether oxygens (including phenoxy) is 1. The molecule has 0 aliphatic rings. The van der Waals surface area contributed by atoms with Crippen molar-refractivity contribution in [1.82, 2.24) is 0 Å². The first-order valence-electron chi connectivity index (χ1n) is 4.19. The van der Waals surface area contributed by atoms with E-state index in [1.165, 1.54) is 0 Å². The van der Waals surface area contributed by atoms with Crippen LogP contribution >= 0.6 is 28.6 Å². The molecule has 0 aliphatic carbocycles. The molecule has 0 aromatic rings. The Labute approximate surface area is 113 Å². The van der Waals surface area contributed by atoms with Gasteiger partial charge in [0.05, 0.1) is 12.7 Å². The third-order valence-corrected chi connectivity index (χ3v) is 1.20. The summed E-state index contributed by atoms with van der Waals surface area (Å²) in [5, 5.41) is 8.46. The SMILES string of the molecule is CC(O)COC(F)(C(F)F)C(F)(F)F.O=P(O)(Cl)Cl. The summed E-state index contributed by atoms with van der Waals surface area (Å²) < 4.78 is 83.9. The van der Waals surface area contributed by atoms with Gasteiger partial charge in [0, 0.05) is 0 Å². The molecule has 0 saturated heterocycles. The molecule has 0 spiro atoms. The molecule has 0 aromatic heterocycles. The van der Waals surface area contributed by atoms with Crippen molar-refractivity contribution in [3.05, 3.63) is 0 Å². The summed E-state index contributed by atoms with van der Waals surface area (Å²) in [6.45, 7) is -0.192. The Hall–Kier alpha value is 0.270. The lowest BCUT2D eigenvalue weighted by Gasteiger charge is -2.27. The molecule has 0 aliphatic heterocycles. The van der Waals surface area contributed by atoms with E-state index in [1.54, 1.807) is 0 Å². The van der Waals surface area contributed by atoms with Gasteiger partial charge in [-0.1, -0.05) is 0 Å². The number of aliphatic hydroxyl groups is 1. The van der Waals surface area contributed by atoms with E-state index in [9.17, 15) is 30.9 Å². The number of aliphatic hydroxyl groups excluding tert-OH is 1. The van der Waals surface area contributed by atoms with Crippen molar-refractivity contribution < 1.29 is 45.6 Å². The van der Waals surface area contributed by atoms with Crippen molar-refractivity contribution in [2.75, 3.05) is 6.61 Å². The molecule has 0 heterocycles. The third kappa shape index (κ3) is 10.7. The maximum Gasteiger partial charge on any atom is 0.454 e. The minimum absolute atomic E-state index is 0.974. The monoisotopic (exact) mass is 360 g/mol. The van der Waals surface area contributed by atoms with Gasteiger partial charge in [0.2, 0.25) is 0 Å². The van der Waals surface area contributed by atoms with Gasteiger partial charge >= 0.3 is 24.5 Å². The van der Waals surface area contributed by atoms with Crippen LogP contribution in [0.25, 0.3) is 0 Å². The number of hydrogen-bond acceptors (Lipinski definition) is 3. The van der Waals surface area contributed by atoms with Gasteiger partial charge in [-0.2, -0.15) is 17.6 Å². The molecule has 0 amide bonds. The van der Waals surface area contributed by atoms with Crippen LogP contribution in [0.2, 0.25) is 0 Å². The summed E-state index contributed by atoms with van der Waals surface area (Å²) in [6.07, 6.45) is -15.4. The van der Waals surface area contributed by atoms with E-state index < -0.39 is 37.2 Å². The molecule has 0 saturated carbocycles. The Morgan fingerprint density at radius 2 is 1.58 bits per heavy atom. The lowest BCUT2D eigenvalue weighted by molar-refractivity contribution is -0.372. The molecule has 0 bridgehead atoms. The maximum absolute atomic E-state index is 12.6. The van der Waals surface area contributed by atoms with Gasteiger partial charge in [-0.05, 0) is 29.4 Å². The van der Waals surface area contributed by atoms with E-state index in [0.29, 0.717) is 0 Å². The van der Waals surface area contributed by atoms with E-state index in [4.69, 9.17) is 10.00 Å². The molecular formula is C6H9Cl2F6O4P. The average Bonchev–Trinajstić information content (AvgIpc) is 2.08. The summed E-state index contributed by atoms with van der Waals surface area (Å²) in [4.78, 5) is 7.61. The highest BCUT2D eigenvalue weighted by molar-refractivity contribution is 8.04. The van der Waals surface area contributed by atoms with Gasteiger partial charge in [0.15, 0.2) is 0 Å². The Balaban J connectivity index is 0. The van der Waals surface area contributed by atoms with Gasteiger partial charge in [0.25, 0.3) is 0 Å². The Morgan fingerprint density at radius 1 is 1.26 bits per heavy atom. The van der Waals surface area contributed by atoms with E-state index >= 15 is 0 Å². The van der Waals surface area contributed by atoms with Crippen molar-refractivity contribution in [2.45, 2.75) is 31.5 Å². The summed E-state index contributed by atoms with van der Waals surface area (Å²) in [7, 11) is 0. The zero-order valence-electron chi connectivity index (χ0n) is 9.04. The van der Waals surface area contributed by atoms with Crippen LogP contribution in [0.15, 0.2) is 0 Å². The fourth-order valence-corrected chi connectivity index (χ4v) is 0.510. The summed E-state index contributed by atoms with van der Waals surface area (Å²) in [5.74, 6) is -5.02. The highest BCUT2D eigenvalue weighted by Gasteiger charge is 2.64. The molecule has 4 nitrogen and oxygen atoms in total. The second kappa shape index (κ2) is 7.90. The number of hydrogen-bond donors (Lipinski definition) is 2. The van der Waals surface area contributed by atoms with Crippen molar-refractivity contribution in [3.63, 3.8) is 0 Å². The van der Waals surface area contributed by atoms with E-state index in [1.807, 2.05) is 0 Å². The number of halogens is 8.